The number of carboxylic acids is 1. The first kappa shape index (κ1) is 94.9. The van der Waals surface area contributed by atoms with Gasteiger partial charge < -0.3 is 55.6 Å². The normalized spacial score (nSPS) is 16.9. The fourth-order valence-electron chi connectivity index (χ4n) is 13.3. The summed E-state index contributed by atoms with van der Waals surface area (Å²) in [7, 11) is 0. The highest BCUT2D eigenvalue weighted by atomic mass is 35.5. The molecule has 18 nitrogen and oxygen atoms in total. The van der Waals surface area contributed by atoms with Crippen molar-refractivity contribution in [3.8, 4) is 0 Å². The number of aldehydes is 3. The number of hydrazone groups is 3. The molecular formula is C86H90Cl2F10N9O9P. The number of halogens is 12. The predicted molar refractivity (Wildman–Crippen MR) is 421 cm³/mol. The number of likely N-dealkylation sites (tertiary alicyclic amines) is 1. The lowest BCUT2D eigenvalue weighted by molar-refractivity contribution is -0.664. The van der Waals surface area contributed by atoms with E-state index in [1.54, 1.807) is 23.5 Å². The number of ether oxygens (including phenoxy) is 1. The molecule has 8 aromatic carbocycles. The Kier molecular flexibility index (Phi) is 38.4. The van der Waals surface area contributed by atoms with Gasteiger partial charge in [0.05, 0.1) is 62.1 Å². The smallest absolute Gasteiger partial charge is 0.410 e. The van der Waals surface area contributed by atoms with Gasteiger partial charge in [-0.1, -0.05) is 97.1 Å². The zero-order valence-electron chi connectivity index (χ0n) is 64.1. The van der Waals surface area contributed by atoms with Gasteiger partial charge in [0, 0.05) is 113 Å². The van der Waals surface area contributed by atoms with E-state index in [1.165, 1.54) is 74.5 Å². The van der Waals surface area contributed by atoms with Crippen LogP contribution in [0.5, 0.6) is 0 Å². The lowest BCUT2D eigenvalue weighted by Crippen LogP contribution is -3.00. The number of nitrogens with zero attached hydrogens (tertiary/aromatic N) is 6. The van der Waals surface area contributed by atoms with Gasteiger partial charge in [0.1, 0.15) is 82.6 Å². The van der Waals surface area contributed by atoms with Gasteiger partial charge in [0.2, 0.25) is 11.8 Å². The summed E-state index contributed by atoms with van der Waals surface area (Å²) < 4.78 is 134. The average molecular weight is 1690 g/mol. The van der Waals surface area contributed by atoms with E-state index in [2.05, 4.69) is 67.8 Å². The lowest BCUT2D eigenvalue weighted by Gasteiger charge is -2.32. The number of aliphatic carboxylic acids is 1. The topological polar surface area (TPSA) is 241 Å². The average Bonchev–Trinajstić information content (AvgIpc) is 1.65. The molecule has 117 heavy (non-hydrogen) atoms. The van der Waals surface area contributed by atoms with Crippen LogP contribution in [0.1, 0.15) is 129 Å². The van der Waals surface area contributed by atoms with Gasteiger partial charge in [0.15, 0.2) is 0 Å². The zero-order chi connectivity index (χ0) is 83.0. The largest absolute Gasteiger partial charge is 1.00 e. The molecule has 8 aromatic rings. The third-order valence-electron chi connectivity index (χ3n) is 18.7. The van der Waals surface area contributed by atoms with Gasteiger partial charge in [-0.3, -0.25) is 28.8 Å². The number of quaternary nitrogens is 2. The van der Waals surface area contributed by atoms with Crippen LogP contribution in [-0.2, 0) is 28.7 Å². The SMILES string of the molecule is CC(C)(C)OC(=O)N1CCC(C(=O)O)CC1.Fc1cc(F)cc(C2CC=NN2)c1.O=C(C1CC[NH2+]CC1)N1N=CCC1c1cc(F)cc(F)c1.O=C(C1CC[NH2+]CC1)N1N=CCC1c1cc(F)cc(F)c1.O=C/C=C/c1cc(F)cc(F)c1.O=CC=P(c1ccccc1)(c1ccccc1)c1ccccc1.O=Cc1cc(F)cc(F)c1.[Cl-].[Cl-]. The number of piperidine rings is 3. The molecule has 6 aliphatic rings. The number of rotatable bonds is 13. The van der Waals surface area contributed by atoms with Gasteiger partial charge >= 0.3 is 12.1 Å². The molecule has 3 fully saturated rings. The van der Waals surface area contributed by atoms with E-state index in [-0.39, 0.29) is 72.1 Å². The number of carbonyl (C=O) groups excluding carboxylic acids is 6. The Labute approximate surface area is 684 Å². The Bertz CT molecular complexity index is 4470. The Morgan fingerprint density at radius 3 is 1.15 bits per heavy atom. The van der Waals surface area contributed by atoms with Gasteiger partial charge in [0.25, 0.3) is 0 Å². The summed E-state index contributed by atoms with van der Waals surface area (Å²) in [4.78, 5) is 80.4. The third kappa shape index (κ3) is 29.3. The monoisotopic (exact) mass is 1680 g/mol. The maximum absolute atomic E-state index is 13.4. The molecule has 6 heterocycles. The number of carbonyl (C=O) groups is 7. The molecule has 0 bridgehead atoms. The molecule has 0 radical (unpaired) electrons. The Hall–Kier alpha value is -10.9. The summed E-state index contributed by atoms with van der Waals surface area (Å²) >= 11 is 0. The molecular weight excluding hydrogens is 1590 g/mol. The van der Waals surface area contributed by atoms with Crippen molar-refractivity contribution in [3.63, 3.8) is 0 Å². The maximum Gasteiger partial charge on any atom is 0.410 e. The Balaban J connectivity index is 0.000000215. The molecule has 0 aromatic heterocycles. The highest BCUT2D eigenvalue weighted by Gasteiger charge is 2.37. The summed E-state index contributed by atoms with van der Waals surface area (Å²) in [5, 5.41) is 31.6. The van der Waals surface area contributed by atoms with E-state index in [0.717, 1.165) is 107 Å². The van der Waals surface area contributed by atoms with Crippen LogP contribution < -0.4 is 56.8 Å². The van der Waals surface area contributed by atoms with Crippen molar-refractivity contribution in [3.05, 3.63) is 274 Å². The number of hydrogen-bond donors (Lipinski definition) is 4. The number of amides is 3. The molecule has 3 unspecified atom stereocenters. The van der Waals surface area contributed by atoms with Gasteiger partial charge in [-0.25, -0.2) is 58.7 Å². The van der Waals surface area contributed by atoms with Crippen molar-refractivity contribution in [2.75, 3.05) is 39.3 Å². The van der Waals surface area contributed by atoms with E-state index in [4.69, 9.17) is 9.84 Å². The number of hydrogen-bond acceptors (Lipinski definition) is 12. The summed E-state index contributed by atoms with van der Waals surface area (Å²) in [5.74, 6) is -5.77. The summed E-state index contributed by atoms with van der Waals surface area (Å²) in [6.45, 7) is 8.08. The van der Waals surface area contributed by atoms with Crippen molar-refractivity contribution in [1.82, 2.24) is 20.3 Å². The maximum atomic E-state index is 13.4. The van der Waals surface area contributed by atoms with Crippen LogP contribution in [0.4, 0.5) is 48.7 Å². The molecule has 0 saturated carbocycles. The number of benzene rings is 8. The van der Waals surface area contributed by atoms with E-state index in [0.29, 0.717) is 86.1 Å². The standard InChI is InChI=1S/C20H17OP.2C15H17F2N3O.C11H19NO4.C9H8F2N2.C9H6F2O.C7H4F2O.2ClH/c21-16-17-22(18-10-4-1-5-11-18,19-12-6-2-7-13-19)20-14-8-3-9-15-20;2*16-12-7-11(8-13(17)9-12)14-3-6-19-20(14)15(21)10-1-4-18-5-2-10;1-11(2,3)16-10(15)12-6-4-8(5-7-12)9(13)14;10-7-3-6(4-8(11)5-7)9-1-2-12-13-9;10-8-4-7(2-1-3-12)5-9(11)6-8;8-6-1-5(4-10)2-7(9)3-6;;/h1-17H;2*6-10,14,18H,1-5H2;8H,4-7H2,1-3H3,(H,13,14);2-5,9,13H,1H2;1-6H;1-4H;2*1H/b;;;;;2-1+;;;. The van der Waals surface area contributed by atoms with E-state index in [9.17, 15) is 77.5 Å². The molecule has 3 saturated heterocycles. The van der Waals surface area contributed by atoms with Crippen molar-refractivity contribution in [2.24, 2.45) is 33.1 Å². The zero-order valence-corrected chi connectivity index (χ0v) is 66.5. The number of allylic oxidation sites excluding steroid dienone is 1. The van der Waals surface area contributed by atoms with Crippen molar-refractivity contribution >= 4 is 96.1 Å². The predicted octanol–water partition coefficient (Wildman–Crippen LogP) is 7.04. The number of nitrogens with one attached hydrogen (secondary N) is 1. The molecule has 3 atom stereocenters. The number of nitrogens with two attached hydrogens (primary N) is 2. The van der Waals surface area contributed by atoms with Crippen LogP contribution in [0.3, 0.4) is 0 Å². The number of carboxylic acid groups (broad SMARTS) is 1. The first-order valence-electron chi connectivity index (χ1n) is 37.2. The van der Waals surface area contributed by atoms with Crippen LogP contribution in [0.2, 0.25) is 0 Å². The Morgan fingerprint density at radius 2 is 0.829 bits per heavy atom. The molecule has 31 heteroatoms. The summed E-state index contributed by atoms with van der Waals surface area (Å²) in [6.07, 6.45) is 15.0. The third-order valence-corrected chi connectivity index (χ3v) is 22.6. The molecule has 0 aliphatic carbocycles. The van der Waals surface area contributed by atoms with Crippen LogP contribution in [0.15, 0.2) is 203 Å². The first-order chi connectivity index (χ1) is 55.2. The second kappa shape index (κ2) is 47.3. The first-order valence-corrected chi connectivity index (χ1v) is 39.1. The highest BCUT2D eigenvalue weighted by molar-refractivity contribution is 7.95. The second-order valence-corrected chi connectivity index (χ2v) is 31.5. The van der Waals surface area contributed by atoms with Crippen LogP contribution in [0.25, 0.3) is 6.08 Å². The fraction of sp³-hybridized carbons (Fsp3) is 0.291. The molecule has 6 aliphatic heterocycles. The minimum atomic E-state index is -2.05. The van der Waals surface area contributed by atoms with Crippen molar-refractivity contribution in [1.29, 1.82) is 0 Å². The van der Waals surface area contributed by atoms with Crippen LogP contribution >= 0.6 is 6.89 Å². The van der Waals surface area contributed by atoms with Crippen molar-refractivity contribution in [2.45, 2.75) is 102 Å². The molecule has 622 valence electrons. The molecule has 14 rings (SSSR count). The van der Waals surface area contributed by atoms with Gasteiger partial charge in [-0.05, 0) is 151 Å². The van der Waals surface area contributed by atoms with E-state index < -0.39 is 88.7 Å². The lowest BCUT2D eigenvalue weighted by atomic mass is 9.95. The van der Waals surface area contributed by atoms with E-state index >= 15 is 0 Å². The van der Waals surface area contributed by atoms with Crippen LogP contribution in [0, 0.1) is 75.9 Å². The minimum Gasteiger partial charge on any atom is -1.00 e. The molecule has 3 amide bonds. The van der Waals surface area contributed by atoms with Gasteiger partial charge in [-0.2, -0.15) is 15.3 Å². The summed E-state index contributed by atoms with van der Waals surface area (Å²) in [6, 6.07) is 46.1. The molecule has 6 N–H and O–H groups in total. The minimum absolute atomic E-state index is 0. The summed E-state index contributed by atoms with van der Waals surface area (Å²) in [5.41, 5.74) is 4.12. The van der Waals surface area contributed by atoms with Crippen molar-refractivity contribution < 1.29 is 123 Å². The quantitative estimate of drug-likeness (QED) is 0.0397. The highest BCUT2D eigenvalue weighted by Crippen LogP contribution is 2.43. The second-order valence-electron chi connectivity index (χ2n) is 28.2. The van der Waals surface area contributed by atoms with Crippen LogP contribution in [-0.4, -0.2) is 132 Å². The van der Waals surface area contributed by atoms with Gasteiger partial charge in [-0.15, -0.1) is 0 Å². The fourth-order valence-corrected chi connectivity index (χ4v) is 16.8. The van der Waals surface area contributed by atoms with E-state index in [1.807, 2.05) is 81.2 Å². The molecule has 0 spiro atoms. The Morgan fingerprint density at radius 1 is 0.470 bits per heavy atom.